The molecule has 7 nitrogen and oxygen atoms in total. The van der Waals surface area contributed by atoms with Crippen LogP contribution in [0, 0.1) is 5.92 Å². The molecule has 0 aliphatic heterocycles. The molecule has 0 unspecified atom stereocenters. The summed E-state index contributed by atoms with van der Waals surface area (Å²) in [4.78, 5) is 23.9. The number of rotatable bonds is 5. The van der Waals surface area contributed by atoms with Crippen LogP contribution in [0.4, 0.5) is 4.79 Å². The lowest BCUT2D eigenvalue weighted by Crippen LogP contribution is -2.54. The highest BCUT2D eigenvalue weighted by Crippen LogP contribution is 2.28. The van der Waals surface area contributed by atoms with E-state index in [-0.39, 0.29) is 19.4 Å². The van der Waals surface area contributed by atoms with Gasteiger partial charge in [0.1, 0.15) is 5.60 Å². The average molecular weight is 352 g/mol. The molecule has 1 aliphatic rings. The second-order valence-electron chi connectivity index (χ2n) is 6.52. The van der Waals surface area contributed by atoms with E-state index in [0.717, 1.165) is 0 Å². The molecular formula is C15H26ClNO6. The molecule has 1 aliphatic carbocycles. The number of methoxy groups -OCH3 is 1. The number of aliphatic hydroxyl groups excluding tert-OH is 1. The summed E-state index contributed by atoms with van der Waals surface area (Å²) in [6, 6.07) is -0.541. The third-order valence-corrected chi connectivity index (χ3v) is 3.67. The molecule has 1 amide bonds. The van der Waals surface area contributed by atoms with E-state index in [1.807, 2.05) is 0 Å². The van der Waals surface area contributed by atoms with Crippen LogP contribution in [0.2, 0.25) is 0 Å². The van der Waals surface area contributed by atoms with Crippen molar-refractivity contribution in [1.82, 2.24) is 5.32 Å². The van der Waals surface area contributed by atoms with Crippen LogP contribution in [0.3, 0.4) is 0 Å². The molecule has 23 heavy (non-hydrogen) atoms. The van der Waals surface area contributed by atoms with E-state index in [1.165, 1.54) is 7.11 Å². The van der Waals surface area contributed by atoms with Crippen LogP contribution in [0.1, 0.15) is 33.6 Å². The van der Waals surface area contributed by atoms with Gasteiger partial charge in [-0.05, 0) is 33.6 Å². The Kier molecular flexibility index (Phi) is 7.57. The second-order valence-corrected chi connectivity index (χ2v) is 6.90. The van der Waals surface area contributed by atoms with Crippen LogP contribution in [0.15, 0.2) is 0 Å². The zero-order chi connectivity index (χ0) is 17.6. The van der Waals surface area contributed by atoms with Crippen molar-refractivity contribution < 1.29 is 28.9 Å². The Morgan fingerprint density at radius 1 is 1.30 bits per heavy atom. The summed E-state index contributed by atoms with van der Waals surface area (Å²) in [5.74, 6) is -0.840. The summed E-state index contributed by atoms with van der Waals surface area (Å²) < 4.78 is 15.5. The molecule has 1 rings (SSSR count). The van der Waals surface area contributed by atoms with E-state index in [0.29, 0.717) is 5.88 Å². The summed E-state index contributed by atoms with van der Waals surface area (Å²) in [6.07, 6.45) is -1.53. The number of ether oxygens (including phenoxy) is 3. The number of esters is 1. The lowest BCUT2D eigenvalue weighted by Gasteiger charge is -2.38. The Balaban J connectivity index is 2.78. The quantitative estimate of drug-likeness (QED) is 0.575. The van der Waals surface area contributed by atoms with Crippen molar-refractivity contribution >= 4 is 23.7 Å². The van der Waals surface area contributed by atoms with Crippen LogP contribution >= 0.6 is 11.6 Å². The maximum Gasteiger partial charge on any atom is 0.407 e. The molecule has 0 bridgehead atoms. The first-order chi connectivity index (χ1) is 10.7. The molecule has 4 atom stereocenters. The van der Waals surface area contributed by atoms with Gasteiger partial charge in [-0.3, -0.25) is 4.79 Å². The number of nitrogens with one attached hydrogen (secondary N) is 1. The summed E-state index contributed by atoms with van der Waals surface area (Å²) in [7, 11) is 1.27. The maximum absolute atomic E-state index is 12.0. The third kappa shape index (κ3) is 6.53. The van der Waals surface area contributed by atoms with Gasteiger partial charge >= 0.3 is 12.1 Å². The van der Waals surface area contributed by atoms with Gasteiger partial charge in [-0.2, -0.15) is 0 Å². The van der Waals surface area contributed by atoms with Gasteiger partial charge in [-0.15, -0.1) is 11.6 Å². The van der Waals surface area contributed by atoms with E-state index in [4.69, 9.17) is 25.8 Å². The highest BCUT2D eigenvalue weighted by molar-refractivity contribution is 6.17. The topological polar surface area (TPSA) is 94.1 Å². The van der Waals surface area contributed by atoms with Gasteiger partial charge in [-0.1, -0.05) is 0 Å². The van der Waals surface area contributed by atoms with Gasteiger partial charge in [0.05, 0.1) is 31.8 Å². The van der Waals surface area contributed by atoms with Crippen LogP contribution in [0.5, 0.6) is 0 Å². The first-order valence-corrected chi connectivity index (χ1v) is 8.14. The number of carbonyl (C=O) groups excluding carboxylic acids is 2. The Bertz CT molecular complexity index is 411. The van der Waals surface area contributed by atoms with Gasteiger partial charge in [0.2, 0.25) is 0 Å². The normalized spacial score (nSPS) is 28.1. The predicted molar refractivity (Wildman–Crippen MR) is 84.4 cm³/mol. The highest BCUT2D eigenvalue weighted by atomic mass is 35.5. The zero-order valence-corrected chi connectivity index (χ0v) is 14.8. The Hall–Kier alpha value is -1.05. The molecular weight excluding hydrogens is 326 g/mol. The standard InChI is InChI=1S/C15H26ClNO6/c1-15(2,3)23-14(20)17-10-8-12(22-6-5-16)11(18)7-9(10)13(19)21-4/h9-12,18H,5-8H2,1-4H3,(H,17,20)/t9-,10-,11-,12-/m1/s1. The number of aliphatic hydroxyl groups is 1. The fraction of sp³-hybridized carbons (Fsp3) is 0.867. The van der Waals surface area contributed by atoms with E-state index >= 15 is 0 Å². The minimum absolute atomic E-state index is 0.139. The molecule has 0 aromatic heterocycles. The van der Waals surface area contributed by atoms with E-state index in [2.05, 4.69) is 5.32 Å². The number of hydrogen-bond acceptors (Lipinski definition) is 6. The van der Waals surface area contributed by atoms with Gasteiger partial charge in [0.25, 0.3) is 0 Å². The first-order valence-electron chi connectivity index (χ1n) is 7.61. The van der Waals surface area contributed by atoms with Crippen molar-refractivity contribution in [3.63, 3.8) is 0 Å². The minimum Gasteiger partial charge on any atom is -0.469 e. The van der Waals surface area contributed by atoms with Gasteiger partial charge < -0.3 is 24.6 Å². The van der Waals surface area contributed by atoms with Gasteiger partial charge in [-0.25, -0.2) is 4.79 Å². The Morgan fingerprint density at radius 2 is 1.96 bits per heavy atom. The van der Waals surface area contributed by atoms with Crippen molar-refractivity contribution in [2.45, 2.75) is 57.5 Å². The monoisotopic (exact) mass is 351 g/mol. The largest absolute Gasteiger partial charge is 0.469 e. The smallest absolute Gasteiger partial charge is 0.407 e. The number of carbonyl (C=O) groups is 2. The molecule has 134 valence electrons. The molecule has 1 fully saturated rings. The molecule has 0 spiro atoms. The SMILES string of the molecule is COC(=O)[C@@H]1C[C@@H](O)[C@H](OCCCl)C[C@H]1NC(=O)OC(C)(C)C. The van der Waals surface area contributed by atoms with E-state index in [1.54, 1.807) is 20.8 Å². The number of hydrogen-bond donors (Lipinski definition) is 2. The molecule has 0 radical (unpaired) electrons. The summed E-state index contributed by atoms with van der Waals surface area (Å²) in [5, 5.41) is 12.8. The predicted octanol–water partition coefficient (Wildman–Crippen LogP) is 1.45. The lowest BCUT2D eigenvalue weighted by atomic mass is 9.81. The summed E-state index contributed by atoms with van der Waals surface area (Å²) in [6.45, 7) is 5.54. The fourth-order valence-corrected chi connectivity index (χ4v) is 2.64. The van der Waals surface area contributed by atoms with Crippen LogP contribution < -0.4 is 5.32 Å². The fourth-order valence-electron chi connectivity index (χ4n) is 2.55. The van der Waals surface area contributed by atoms with E-state index < -0.39 is 41.8 Å². The van der Waals surface area contributed by atoms with E-state index in [9.17, 15) is 14.7 Å². The molecule has 8 heteroatoms. The maximum atomic E-state index is 12.0. The summed E-state index contributed by atoms with van der Waals surface area (Å²) in [5.41, 5.74) is -0.645. The van der Waals surface area contributed by atoms with Crippen LogP contribution in [-0.4, -0.2) is 60.6 Å². The molecule has 0 saturated heterocycles. The van der Waals surface area contributed by atoms with Crippen molar-refractivity contribution in [2.24, 2.45) is 5.92 Å². The number of halogens is 1. The van der Waals surface area contributed by atoms with Crippen molar-refractivity contribution in [2.75, 3.05) is 19.6 Å². The second kappa shape index (κ2) is 8.70. The summed E-state index contributed by atoms with van der Waals surface area (Å²) >= 11 is 5.59. The number of alkyl halides is 1. The zero-order valence-electron chi connectivity index (χ0n) is 14.0. The lowest BCUT2D eigenvalue weighted by molar-refractivity contribution is -0.153. The van der Waals surface area contributed by atoms with Crippen molar-refractivity contribution in [3.8, 4) is 0 Å². The number of amides is 1. The van der Waals surface area contributed by atoms with Gasteiger partial charge in [0, 0.05) is 11.9 Å². The van der Waals surface area contributed by atoms with Crippen LogP contribution in [0.25, 0.3) is 0 Å². The molecule has 0 aromatic rings. The molecule has 0 heterocycles. The highest BCUT2D eigenvalue weighted by Gasteiger charge is 2.42. The van der Waals surface area contributed by atoms with Crippen molar-refractivity contribution in [1.29, 1.82) is 0 Å². The molecule has 1 saturated carbocycles. The Labute approximate surface area is 141 Å². The molecule has 2 N–H and O–H groups in total. The van der Waals surface area contributed by atoms with Crippen molar-refractivity contribution in [3.05, 3.63) is 0 Å². The minimum atomic E-state index is -0.820. The van der Waals surface area contributed by atoms with Crippen LogP contribution in [-0.2, 0) is 19.0 Å². The molecule has 0 aromatic carbocycles. The first kappa shape index (κ1) is 20.0. The number of alkyl carbamates (subject to hydrolysis) is 1. The average Bonchev–Trinajstić information content (AvgIpc) is 2.44. The van der Waals surface area contributed by atoms with Gasteiger partial charge in [0.15, 0.2) is 0 Å². The third-order valence-electron chi connectivity index (χ3n) is 3.51. The Morgan fingerprint density at radius 3 is 2.48 bits per heavy atom.